The van der Waals surface area contributed by atoms with Crippen LogP contribution in [0.2, 0.25) is 0 Å². The fourth-order valence-corrected chi connectivity index (χ4v) is 2.31. The Morgan fingerprint density at radius 1 is 1.43 bits per heavy atom. The Hall–Kier alpha value is -2.08. The van der Waals surface area contributed by atoms with Crippen LogP contribution in [-0.2, 0) is 9.53 Å². The van der Waals surface area contributed by atoms with Gasteiger partial charge in [-0.1, -0.05) is 6.07 Å². The summed E-state index contributed by atoms with van der Waals surface area (Å²) in [7, 11) is 1.56. The van der Waals surface area contributed by atoms with Gasteiger partial charge in [0, 0.05) is 12.1 Å². The molecule has 1 heterocycles. The van der Waals surface area contributed by atoms with Gasteiger partial charge >= 0.3 is 5.97 Å². The fourth-order valence-electron chi connectivity index (χ4n) is 2.31. The van der Waals surface area contributed by atoms with Crippen molar-refractivity contribution in [3.63, 3.8) is 0 Å². The van der Waals surface area contributed by atoms with Crippen molar-refractivity contribution in [1.29, 1.82) is 0 Å². The largest absolute Gasteiger partial charge is 0.496 e. The number of carbonyl (C=O) groups excluding carboxylic acids is 1. The summed E-state index contributed by atoms with van der Waals surface area (Å²) in [5.74, 6) is -0.520. The van der Waals surface area contributed by atoms with Crippen LogP contribution < -0.4 is 10.1 Å². The summed E-state index contributed by atoms with van der Waals surface area (Å²) < 4.78 is 10.5. The molecule has 1 aliphatic rings. The van der Waals surface area contributed by atoms with Crippen LogP contribution in [0.4, 0.5) is 0 Å². The molecule has 6 nitrogen and oxygen atoms in total. The van der Waals surface area contributed by atoms with Gasteiger partial charge in [0.2, 0.25) is 0 Å². The molecule has 1 aliphatic heterocycles. The highest BCUT2D eigenvalue weighted by molar-refractivity contribution is 5.94. The van der Waals surface area contributed by atoms with E-state index in [0.29, 0.717) is 30.7 Å². The zero-order valence-electron chi connectivity index (χ0n) is 12.1. The molecule has 1 aromatic rings. The zero-order chi connectivity index (χ0) is 15.4. The number of nitrogens with one attached hydrogen (secondary N) is 1. The van der Waals surface area contributed by atoms with E-state index in [1.165, 1.54) is 0 Å². The number of amides is 1. The molecule has 0 spiro atoms. The van der Waals surface area contributed by atoms with Gasteiger partial charge in [0.15, 0.2) is 6.10 Å². The maximum absolute atomic E-state index is 12.1. The van der Waals surface area contributed by atoms with E-state index in [1.54, 1.807) is 19.2 Å². The number of aryl methyl sites for hydroxylation is 1. The molecule has 2 unspecified atom stereocenters. The predicted molar refractivity (Wildman–Crippen MR) is 75.6 cm³/mol. The number of hydrogen-bond acceptors (Lipinski definition) is 4. The molecule has 2 rings (SSSR count). The number of methoxy groups -OCH3 is 1. The molecule has 1 amide bonds. The second-order valence-electron chi connectivity index (χ2n) is 5.06. The number of hydrogen-bond donors (Lipinski definition) is 2. The van der Waals surface area contributed by atoms with Crippen LogP contribution in [0.25, 0.3) is 0 Å². The molecule has 6 heteroatoms. The lowest BCUT2D eigenvalue weighted by Crippen LogP contribution is -2.33. The summed E-state index contributed by atoms with van der Waals surface area (Å²) in [6.45, 7) is 2.21. The van der Waals surface area contributed by atoms with Gasteiger partial charge in [-0.05, 0) is 37.5 Å². The zero-order valence-corrected chi connectivity index (χ0v) is 12.1. The minimum Gasteiger partial charge on any atom is -0.496 e. The van der Waals surface area contributed by atoms with Crippen LogP contribution in [0.5, 0.6) is 5.75 Å². The summed E-state index contributed by atoms with van der Waals surface area (Å²) in [5.41, 5.74) is 1.46. The van der Waals surface area contributed by atoms with E-state index < -0.39 is 12.1 Å². The maximum atomic E-state index is 12.1. The van der Waals surface area contributed by atoms with Gasteiger partial charge < -0.3 is 19.9 Å². The molecule has 1 saturated heterocycles. The van der Waals surface area contributed by atoms with Gasteiger partial charge in [-0.3, -0.25) is 4.79 Å². The topological polar surface area (TPSA) is 84.9 Å². The quantitative estimate of drug-likeness (QED) is 0.856. The van der Waals surface area contributed by atoms with Crippen molar-refractivity contribution in [1.82, 2.24) is 5.32 Å². The third-order valence-corrected chi connectivity index (χ3v) is 3.54. The standard InChI is InChI=1S/C15H19NO5/c1-9-3-4-10(7-13(9)20-2)14(17)16-8-11-5-6-12(21-11)15(18)19/h3-4,7,11-12H,5-6,8H2,1-2H3,(H,16,17)(H,18,19). The minimum atomic E-state index is -0.952. The van der Waals surface area contributed by atoms with Gasteiger partial charge in [0.05, 0.1) is 13.2 Å². The lowest BCUT2D eigenvalue weighted by Gasteiger charge is -2.13. The Balaban J connectivity index is 1.89. The molecular formula is C15H19NO5. The normalized spacial score (nSPS) is 21.0. The van der Waals surface area contributed by atoms with E-state index in [-0.39, 0.29) is 12.0 Å². The van der Waals surface area contributed by atoms with E-state index in [2.05, 4.69) is 5.32 Å². The highest BCUT2D eigenvalue weighted by Gasteiger charge is 2.30. The molecule has 0 saturated carbocycles. The smallest absolute Gasteiger partial charge is 0.332 e. The molecule has 114 valence electrons. The second kappa shape index (κ2) is 6.58. The molecule has 0 aliphatic carbocycles. The number of ether oxygens (including phenoxy) is 2. The number of carbonyl (C=O) groups is 2. The van der Waals surface area contributed by atoms with E-state index in [0.717, 1.165) is 5.56 Å². The lowest BCUT2D eigenvalue weighted by molar-refractivity contribution is -0.149. The molecular weight excluding hydrogens is 274 g/mol. The van der Waals surface area contributed by atoms with Crippen molar-refractivity contribution < 1.29 is 24.2 Å². The number of carboxylic acid groups (broad SMARTS) is 1. The first kappa shape index (κ1) is 15.3. The second-order valence-corrected chi connectivity index (χ2v) is 5.06. The third kappa shape index (κ3) is 3.72. The van der Waals surface area contributed by atoms with Crippen LogP contribution in [0.15, 0.2) is 18.2 Å². The highest BCUT2D eigenvalue weighted by Crippen LogP contribution is 2.20. The summed E-state index contributed by atoms with van der Waals surface area (Å²) in [6, 6.07) is 5.23. The first-order valence-electron chi connectivity index (χ1n) is 6.82. The number of aliphatic carboxylic acids is 1. The maximum Gasteiger partial charge on any atom is 0.332 e. The number of carboxylic acids is 1. The summed E-state index contributed by atoms with van der Waals surface area (Å²) in [6.07, 6.45) is 0.108. The monoisotopic (exact) mass is 293 g/mol. The van der Waals surface area contributed by atoms with Crippen molar-refractivity contribution in [2.24, 2.45) is 0 Å². The molecule has 0 radical (unpaired) electrons. The average Bonchev–Trinajstić information content (AvgIpc) is 2.94. The van der Waals surface area contributed by atoms with Crippen molar-refractivity contribution in [2.45, 2.75) is 32.0 Å². The van der Waals surface area contributed by atoms with Crippen molar-refractivity contribution in [2.75, 3.05) is 13.7 Å². The third-order valence-electron chi connectivity index (χ3n) is 3.54. The number of rotatable bonds is 5. The minimum absolute atomic E-state index is 0.226. The average molecular weight is 293 g/mol. The van der Waals surface area contributed by atoms with Gasteiger partial charge in [-0.15, -0.1) is 0 Å². The van der Waals surface area contributed by atoms with Crippen LogP contribution in [0.1, 0.15) is 28.8 Å². The van der Waals surface area contributed by atoms with Gasteiger partial charge in [0.25, 0.3) is 5.91 Å². The first-order valence-corrected chi connectivity index (χ1v) is 6.82. The predicted octanol–water partition coefficient (Wildman–Crippen LogP) is 1.37. The van der Waals surface area contributed by atoms with E-state index >= 15 is 0 Å². The van der Waals surface area contributed by atoms with Crippen LogP contribution in [0, 0.1) is 6.92 Å². The van der Waals surface area contributed by atoms with Crippen molar-refractivity contribution in [3.8, 4) is 5.75 Å². The molecule has 1 fully saturated rings. The molecule has 2 N–H and O–H groups in total. The Morgan fingerprint density at radius 3 is 2.81 bits per heavy atom. The van der Waals surface area contributed by atoms with Gasteiger partial charge in [-0.2, -0.15) is 0 Å². The van der Waals surface area contributed by atoms with E-state index in [1.807, 2.05) is 13.0 Å². The first-order chi connectivity index (χ1) is 10.0. The Morgan fingerprint density at radius 2 is 2.19 bits per heavy atom. The SMILES string of the molecule is COc1cc(C(=O)NCC2CCC(C(=O)O)O2)ccc1C. The van der Waals surface area contributed by atoms with Crippen molar-refractivity contribution >= 4 is 11.9 Å². The van der Waals surface area contributed by atoms with Crippen LogP contribution in [-0.4, -0.2) is 42.8 Å². The number of benzene rings is 1. The lowest BCUT2D eigenvalue weighted by atomic mass is 10.1. The fraction of sp³-hybridized carbons (Fsp3) is 0.467. The van der Waals surface area contributed by atoms with Gasteiger partial charge in [0.1, 0.15) is 5.75 Å². The highest BCUT2D eigenvalue weighted by atomic mass is 16.5. The molecule has 0 aromatic heterocycles. The summed E-state index contributed by atoms with van der Waals surface area (Å²) >= 11 is 0. The summed E-state index contributed by atoms with van der Waals surface area (Å²) in [5, 5.41) is 11.6. The van der Waals surface area contributed by atoms with Crippen LogP contribution in [0.3, 0.4) is 0 Å². The van der Waals surface area contributed by atoms with Crippen molar-refractivity contribution in [3.05, 3.63) is 29.3 Å². The molecule has 21 heavy (non-hydrogen) atoms. The molecule has 2 atom stereocenters. The van der Waals surface area contributed by atoms with E-state index in [9.17, 15) is 9.59 Å². The Kier molecular flexibility index (Phi) is 4.80. The summed E-state index contributed by atoms with van der Waals surface area (Å²) in [4.78, 5) is 22.8. The Labute approximate surface area is 123 Å². The molecule has 0 bridgehead atoms. The van der Waals surface area contributed by atoms with Gasteiger partial charge in [-0.25, -0.2) is 4.79 Å². The Bertz CT molecular complexity index is 543. The van der Waals surface area contributed by atoms with Crippen LogP contribution >= 0.6 is 0 Å². The molecule has 1 aromatic carbocycles. The van der Waals surface area contributed by atoms with E-state index in [4.69, 9.17) is 14.6 Å².